The predicted octanol–water partition coefficient (Wildman–Crippen LogP) is 4.40. The van der Waals surface area contributed by atoms with Gasteiger partial charge < -0.3 is 10.1 Å². The highest BCUT2D eigenvalue weighted by Gasteiger charge is 2.05. The van der Waals surface area contributed by atoms with Gasteiger partial charge in [-0.1, -0.05) is 34.5 Å². The van der Waals surface area contributed by atoms with E-state index in [-0.39, 0.29) is 0 Å². The number of pyridine rings is 1. The van der Waals surface area contributed by atoms with Crippen LogP contribution in [0.3, 0.4) is 0 Å². The second-order valence-electron chi connectivity index (χ2n) is 3.91. The Kier molecular flexibility index (Phi) is 5.19. The minimum Gasteiger partial charge on any atom is -0.439 e. The van der Waals surface area contributed by atoms with Gasteiger partial charge in [0.05, 0.1) is 10.7 Å². The Hall–Kier alpha value is -1.10. The van der Waals surface area contributed by atoms with E-state index in [1.807, 2.05) is 31.2 Å². The van der Waals surface area contributed by atoms with Crippen LogP contribution < -0.4 is 10.1 Å². The molecule has 0 aliphatic heterocycles. The molecule has 1 aromatic heterocycles. The SMILES string of the molecule is CCNCc1nc(Oc2ccc(Br)cc2)ccc1Cl. The molecule has 2 aromatic rings. The molecule has 5 heteroatoms. The van der Waals surface area contributed by atoms with E-state index in [0.717, 1.165) is 22.5 Å². The van der Waals surface area contributed by atoms with Crippen LogP contribution in [0.4, 0.5) is 0 Å². The van der Waals surface area contributed by atoms with Crippen molar-refractivity contribution in [2.24, 2.45) is 0 Å². The number of hydrogen-bond donors (Lipinski definition) is 1. The maximum absolute atomic E-state index is 6.09. The van der Waals surface area contributed by atoms with Crippen molar-refractivity contribution in [1.29, 1.82) is 0 Å². The van der Waals surface area contributed by atoms with Crippen molar-refractivity contribution >= 4 is 27.5 Å². The van der Waals surface area contributed by atoms with E-state index in [2.05, 4.69) is 26.2 Å². The summed E-state index contributed by atoms with van der Waals surface area (Å²) in [6, 6.07) is 11.2. The zero-order chi connectivity index (χ0) is 13.7. The van der Waals surface area contributed by atoms with Crippen LogP contribution in [0.15, 0.2) is 40.9 Å². The maximum atomic E-state index is 6.09. The second-order valence-corrected chi connectivity index (χ2v) is 5.24. The lowest BCUT2D eigenvalue weighted by Crippen LogP contribution is -2.13. The molecule has 19 heavy (non-hydrogen) atoms. The Morgan fingerprint density at radius 3 is 2.63 bits per heavy atom. The van der Waals surface area contributed by atoms with Gasteiger partial charge >= 0.3 is 0 Å². The molecule has 0 atom stereocenters. The quantitative estimate of drug-likeness (QED) is 0.875. The first-order chi connectivity index (χ1) is 9.19. The van der Waals surface area contributed by atoms with E-state index in [9.17, 15) is 0 Å². The summed E-state index contributed by atoms with van der Waals surface area (Å²) in [6.45, 7) is 3.54. The summed E-state index contributed by atoms with van der Waals surface area (Å²) in [7, 11) is 0. The van der Waals surface area contributed by atoms with Crippen LogP contribution in [-0.2, 0) is 6.54 Å². The molecule has 0 radical (unpaired) electrons. The van der Waals surface area contributed by atoms with Crippen molar-refractivity contribution in [3.8, 4) is 11.6 Å². The number of aromatic nitrogens is 1. The summed E-state index contributed by atoms with van der Waals surface area (Å²) in [5.74, 6) is 1.28. The molecule has 0 spiro atoms. The normalized spacial score (nSPS) is 10.5. The first-order valence-corrected chi connectivity index (χ1v) is 7.15. The number of nitrogens with zero attached hydrogens (tertiary/aromatic N) is 1. The van der Waals surface area contributed by atoms with E-state index >= 15 is 0 Å². The van der Waals surface area contributed by atoms with Crippen molar-refractivity contribution in [3.05, 3.63) is 51.6 Å². The van der Waals surface area contributed by atoms with E-state index in [1.54, 1.807) is 12.1 Å². The zero-order valence-electron chi connectivity index (χ0n) is 10.5. The van der Waals surface area contributed by atoms with Gasteiger partial charge in [-0.3, -0.25) is 0 Å². The summed E-state index contributed by atoms with van der Waals surface area (Å²) >= 11 is 9.48. The fraction of sp³-hybridized carbons (Fsp3) is 0.214. The molecule has 1 N–H and O–H groups in total. The van der Waals surface area contributed by atoms with Crippen LogP contribution in [0.25, 0.3) is 0 Å². The molecule has 1 heterocycles. The van der Waals surface area contributed by atoms with E-state index in [4.69, 9.17) is 16.3 Å². The number of ether oxygens (including phenoxy) is 1. The van der Waals surface area contributed by atoms with E-state index in [1.165, 1.54) is 0 Å². The lowest BCUT2D eigenvalue weighted by molar-refractivity contribution is 0.459. The van der Waals surface area contributed by atoms with Gasteiger partial charge in [-0.05, 0) is 36.9 Å². The molecular weight excluding hydrogens is 328 g/mol. The highest BCUT2D eigenvalue weighted by atomic mass is 79.9. The Morgan fingerprint density at radius 1 is 1.21 bits per heavy atom. The molecule has 3 nitrogen and oxygen atoms in total. The van der Waals surface area contributed by atoms with Crippen molar-refractivity contribution in [2.75, 3.05) is 6.54 Å². The van der Waals surface area contributed by atoms with Crippen LogP contribution in [0.2, 0.25) is 5.02 Å². The third-order valence-corrected chi connectivity index (χ3v) is 3.34. The van der Waals surface area contributed by atoms with Crippen LogP contribution in [0, 0.1) is 0 Å². The first kappa shape index (κ1) is 14.3. The molecule has 0 aliphatic rings. The molecule has 0 aliphatic carbocycles. The lowest BCUT2D eigenvalue weighted by atomic mass is 10.3. The number of benzene rings is 1. The highest BCUT2D eigenvalue weighted by molar-refractivity contribution is 9.10. The first-order valence-electron chi connectivity index (χ1n) is 5.98. The fourth-order valence-corrected chi connectivity index (χ4v) is 1.95. The lowest BCUT2D eigenvalue weighted by Gasteiger charge is -2.08. The predicted molar refractivity (Wildman–Crippen MR) is 80.8 cm³/mol. The molecule has 2 rings (SSSR count). The van der Waals surface area contributed by atoms with Crippen LogP contribution in [0.5, 0.6) is 11.6 Å². The molecular formula is C14H14BrClN2O. The van der Waals surface area contributed by atoms with Crippen molar-refractivity contribution in [3.63, 3.8) is 0 Å². The van der Waals surface area contributed by atoms with Gasteiger partial charge in [0, 0.05) is 17.1 Å². The zero-order valence-corrected chi connectivity index (χ0v) is 12.8. The summed E-state index contributed by atoms with van der Waals surface area (Å²) < 4.78 is 6.70. The largest absolute Gasteiger partial charge is 0.439 e. The molecule has 1 aromatic carbocycles. The van der Waals surface area contributed by atoms with Gasteiger partial charge in [0.1, 0.15) is 5.75 Å². The highest BCUT2D eigenvalue weighted by Crippen LogP contribution is 2.24. The Bertz CT molecular complexity index is 546. The summed E-state index contributed by atoms with van der Waals surface area (Å²) in [6.07, 6.45) is 0. The molecule has 0 saturated carbocycles. The van der Waals surface area contributed by atoms with Crippen molar-refractivity contribution in [1.82, 2.24) is 10.3 Å². The summed E-state index contributed by atoms with van der Waals surface area (Å²) in [4.78, 5) is 4.40. The Morgan fingerprint density at radius 2 is 1.95 bits per heavy atom. The van der Waals surface area contributed by atoms with Gasteiger partial charge in [-0.2, -0.15) is 0 Å². The average Bonchev–Trinajstić information content (AvgIpc) is 2.42. The number of hydrogen-bond acceptors (Lipinski definition) is 3. The van der Waals surface area contributed by atoms with Crippen LogP contribution in [-0.4, -0.2) is 11.5 Å². The minimum atomic E-state index is 0.541. The standard InChI is InChI=1S/C14H14BrClN2O/c1-2-17-9-13-12(16)7-8-14(18-13)19-11-5-3-10(15)4-6-11/h3-8,17H,2,9H2,1H3. The topological polar surface area (TPSA) is 34.2 Å². The van der Waals surface area contributed by atoms with E-state index < -0.39 is 0 Å². The van der Waals surface area contributed by atoms with E-state index in [0.29, 0.717) is 17.4 Å². The van der Waals surface area contributed by atoms with Gasteiger partial charge in [-0.25, -0.2) is 4.98 Å². The fourth-order valence-electron chi connectivity index (χ4n) is 1.51. The molecule has 0 unspecified atom stereocenters. The molecule has 0 saturated heterocycles. The monoisotopic (exact) mass is 340 g/mol. The van der Waals surface area contributed by atoms with Crippen LogP contribution >= 0.6 is 27.5 Å². The average molecular weight is 342 g/mol. The number of nitrogens with one attached hydrogen (secondary N) is 1. The number of halogens is 2. The third-order valence-electron chi connectivity index (χ3n) is 2.47. The maximum Gasteiger partial charge on any atom is 0.219 e. The van der Waals surface area contributed by atoms with Crippen LogP contribution in [0.1, 0.15) is 12.6 Å². The molecule has 0 amide bonds. The van der Waals surface area contributed by atoms with Gasteiger partial charge in [0.25, 0.3) is 0 Å². The van der Waals surface area contributed by atoms with Crippen molar-refractivity contribution in [2.45, 2.75) is 13.5 Å². The summed E-state index contributed by atoms with van der Waals surface area (Å²) in [5, 5.41) is 3.84. The molecule has 0 bridgehead atoms. The molecule has 100 valence electrons. The minimum absolute atomic E-state index is 0.541. The van der Waals surface area contributed by atoms with Crippen molar-refractivity contribution < 1.29 is 4.74 Å². The Balaban J connectivity index is 2.14. The van der Waals surface area contributed by atoms with Gasteiger partial charge in [-0.15, -0.1) is 0 Å². The number of rotatable bonds is 5. The van der Waals surface area contributed by atoms with Gasteiger partial charge in [0.2, 0.25) is 5.88 Å². The Labute approximate surface area is 126 Å². The summed E-state index contributed by atoms with van der Waals surface area (Å²) in [5.41, 5.74) is 0.790. The molecule has 0 fully saturated rings. The van der Waals surface area contributed by atoms with Gasteiger partial charge in [0.15, 0.2) is 0 Å². The third kappa shape index (κ3) is 4.20. The second kappa shape index (κ2) is 6.89. The smallest absolute Gasteiger partial charge is 0.219 e.